The number of aromatic nitrogens is 1. The van der Waals surface area contributed by atoms with Gasteiger partial charge in [0.25, 0.3) is 5.91 Å². The van der Waals surface area contributed by atoms with E-state index in [2.05, 4.69) is 31.1 Å². The Kier molecular flexibility index (Phi) is 10.4. The summed E-state index contributed by atoms with van der Waals surface area (Å²) in [5.41, 5.74) is 1.28. The molecule has 2 aromatic rings. The summed E-state index contributed by atoms with van der Waals surface area (Å²) in [5.74, 6) is -0.278. The molecule has 10 heteroatoms. The molecular formula is C23H35N3O5S2. The van der Waals surface area contributed by atoms with Crippen LogP contribution in [0.3, 0.4) is 0 Å². The molecule has 0 aliphatic carbocycles. The van der Waals surface area contributed by atoms with Gasteiger partial charge >= 0.3 is 0 Å². The summed E-state index contributed by atoms with van der Waals surface area (Å²) < 4.78 is 38.3. The van der Waals surface area contributed by atoms with Gasteiger partial charge in [-0.2, -0.15) is 4.31 Å². The second-order valence-corrected chi connectivity index (χ2v) is 11.6. The average molecular weight is 498 g/mol. The molecular weight excluding hydrogens is 462 g/mol. The quantitative estimate of drug-likeness (QED) is 0.426. The van der Waals surface area contributed by atoms with Crippen molar-refractivity contribution in [2.45, 2.75) is 50.5 Å². The van der Waals surface area contributed by atoms with Gasteiger partial charge in [0.15, 0.2) is 0 Å². The van der Waals surface area contributed by atoms with Crippen molar-refractivity contribution in [2.24, 2.45) is 0 Å². The van der Waals surface area contributed by atoms with E-state index in [0.717, 1.165) is 5.56 Å². The SMILES string of the molecule is COCCCNC(=O)c1csc(CN(CCCOC)S(=O)(=O)c2ccc(C(C)(C)C)cc2)n1. The Balaban J connectivity index is 2.17. The number of hydrogen-bond donors (Lipinski definition) is 1. The van der Waals surface area contributed by atoms with Gasteiger partial charge in [-0.1, -0.05) is 32.9 Å². The summed E-state index contributed by atoms with van der Waals surface area (Å²) in [6.45, 7) is 8.13. The Labute approximate surface area is 201 Å². The molecule has 0 radical (unpaired) electrons. The number of amides is 1. The van der Waals surface area contributed by atoms with E-state index in [9.17, 15) is 13.2 Å². The number of rotatable bonds is 13. The number of carbonyl (C=O) groups is 1. The third kappa shape index (κ3) is 8.15. The van der Waals surface area contributed by atoms with Crippen LogP contribution in [-0.4, -0.2) is 64.1 Å². The fraction of sp³-hybridized carbons (Fsp3) is 0.565. The lowest BCUT2D eigenvalue weighted by molar-refractivity contribution is 0.0944. The van der Waals surface area contributed by atoms with Gasteiger partial charge in [-0.3, -0.25) is 4.79 Å². The fourth-order valence-electron chi connectivity index (χ4n) is 3.09. The molecule has 1 aromatic heterocycles. The Morgan fingerprint density at radius 1 is 1.09 bits per heavy atom. The minimum Gasteiger partial charge on any atom is -0.385 e. The molecule has 0 bridgehead atoms. The highest BCUT2D eigenvalue weighted by Gasteiger charge is 2.26. The molecule has 184 valence electrons. The molecule has 0 atom stereocenters. The zero-order valence-corrected chi connectivity index (χ0v) is 21.7. The van der Waals surface area contributed by atoms with Crippen LogP contribution in [0.15, 0.2) is 34.5 Å². The van der Waals surface area contributed by atoms with Gasteiger partial charge in [0.1, 0.15) is 10.7 Å². The number of ether oxygens (including phenoxy) is 2. The van der Waals surface area contributed by atoms with Gasteiger partial charge in [0.2, 0.25) is 10.0 Å². The molecule has 0 aliphatic heterocycles. The molecule has 1 aromatic carbocycles. The van der Waals surface area contributed by atoms with Crippen LogP contribution >= 0.6 is 11.3 Å². The van der Waals surface area contributed by atoms with Crippen molar-refractivity contribution in [1.82, 2.24) is 14.6 Å². The van der Waals surface area contributed by atoms with Crippen LogP contribution < -0.4 is 5.32 Å². The minimum atomic E-state index is -3.74. The first-order valence-electron chi connectivity index (χ1n) is 10.9. The maximum absolute atomic E-state index is 13.4. The average Bonchev–Trinajstić information content (AvgIpc) is 3.24. The molecule has 0 unspecified atom stereocenters. The van der Waals surface area contributed by atoms with Crippen LogP contribution in [0.1, 0.15) is 54.7 Å². The number of nitrogens with zero attached hydrogens (tertiary/aromatic N) is 2. The normalized spacial score (nSPS) is 12.3. The topological polar surface area (TPSA) is 97.8 Å². The summed E-state index contributed by atoms with van der Waals surface area (Å²) >= 11 is 1.27. The summed E-state index contributed by atoms with van der Waals surface area (Å²) in [6.07, 6.45) is 1.26. The van der Waals surface area contributed by atoms with Gasteiger partial charge in [0.05, 0.1) is 11.4 Å². The highest BCUT2D eigenvalue weighted by atomic mass is 32.2. The lowest BCUT2D eigenvalue weighted by Gasteiger charge is -2.23. The second-order valence-electron chi connectivity index (χ2n) is 8.69. The van der Waals surface area contributed by atoms with Crippen molar-refractivity contribution >= 4 is 27.3 Å². The molecule has 0 spiro atoms. The summed E-state index contributed by atoms with van der Waals surface area (Å²) in [7, 11) is -0.547. The molecule has 1 N–H and O–H groups in total. The van der Waals surface area contributed by atoms with E-state index in [0.29, 0.717) is 37.6 Å². The summed E-state index contributed by atoms with van der Waals surface area (Å²) in [4.78, 5) is 16.9. The third-order valence-electron chi connectivity index (χ3n) is 5.02. The third-order valence-corrected chi connectivity index (χ3v) is 7.71. The highest BCUT2D eigenvalue weighted by Crippen LogP contribution is 2.26. The molecule has 1 heterocycles. The van der Waals surface area contributed by atoms with E-state index >= 15 is 0 Å². The summed E-state index contributed by atoms with van der Waals surface area (Å²) in [6, 6.07) is 7.02. The predicted octanol–water partition coefficient (Wildman–Crippen LogP) is 3.43. The van der Waals surface area contributed by atoms with Crippen molar-refractivity contribution in [3.05, 3.63) is 45.9 Å². The van der Waals surface area contributed by atoms with Gasteiger partial charge in [-0.15, -0.1) is 11.3 Å². The Bertz CT molecular complexity index is 982. The molecule has 0 saturated heterocycles. The standard InChI is InChI=1S/C23H35N3O5S2/c1-23(2,3)18-8-10-19(11-9-18)33(28,29)26(13-7-15-31-5)16-21-25-20(17-32-21)22(27)24-12-6-14-30-4/h8-11,17H,6-7,12-16H2,1-5H3,(H,24,27). The van der Waals surface area contributed by atoms with Crippen molar-refractivity contribution in [3.8, 4) is 0 Å². The summed E-state index contributed by atoms with van der Waals surface area (Å²) in [5, 5.41) is 5.00. The van der Waals surface area contributed by atoms with E-state index in [-0.39, 0.29) is 35.0 Å². The highest BCUT2D eigenvalue weighted by molar-refractivity contribution is 7.89. The van der Waals surface area contributed by atoms with E-state index < -0.39 is 10.0 Å². The number of hydrogen-bond acceptors (Lipinski definition) is 7. The number of thiazole rings is 1. The van der Waals surface area contributed by atoms with Gasteiger partial charge in [0, 0.05) is 45.9 Å². The van der Waals surface area contributed by atoms with Gasteiger partial charge in [-0.25, -0.2) is 13.4 Å². The zero-order valence-electron chi connectivity index (χ0n) is 20.1. The molecule has 2 rings (SSSR count). The molecule has 33 heavy (non-hydrogen) atoms. The molecule has 8 nitrogen and oxygen atoms in total. The number of carbonyl (C=O) groups excluding carboxylic acids is 1. The predicted molar refractivity (Wildman–Crippen MR) is 130 cm³/mol. The Hall–Kier alpha value is -1.85. The molecule has 1 amide bonds. The lowest BCUT2D eigenvalue weighted by Crippen LogP contribution is -2.32. The lowest BCUT2D eigenvalue weighted by atomic mass is 9.87. The molecule has 0 aliphatic rings. The first kappa shape index (κ1) is 27.4. The van der Waals surface area contributed by atoms with E-state index in [1.54, 1.807) is 31.7 Å². The first-order valence-corrected chi connectivity index (χ1v) is 13.2. The zero-order chi connectivity index (χ0) is 24.5. The number of sulfonamides is 1. The molecule has 0 saturated carbocycles. The van der Waals surface area contributed by atoms with Crippen LogP contribution in [-0.2, 0) is 31.5 Å². The largest absolute Gasteiger partial charge is 0.385 e. The first-order chi connectivity index (χ1) is 15.6. The Morgan fingerprint density at radius 2 is 1.73 bits per heavy atom. The maximum Gasteiger partial charge on any atom is 0.270 e. The van der Waals surface area contributed by atoms with E-state index in [1.807, 2.05) is 12.1 Å². The Morgan fingerprint density at radius 3 is 2.33 bits per heavy atom. The minimum absolute atomic E-state index is 0.0676. The maximum atomic E-state index is 13.4. The van der Waals surface area contributed by atoms with Crippen LogP contribution in [0.4, 0.5) is 0 Å². The molecule has 0 fully saturated rings. The van der Waals surface area contributed by atoms with Crippen molar-refractivity contribution in [2.75, 3.05) is 40.5 Å². The second kappa shape index (κ2) is 12.6. The van der Waals surface area contributed by atoms with Crippen molar-refractivity contribution < 1.29 is 22.7 Å². The van der Waals surface area contributed by atoms with Crippen LogP contribution in [0, 0.1) is 0 Å². The van der Waals surface area contributed by atoms with E-state index in [1.165, 1.54) is 15.6 Å². The smallest absolute Gasteiger partial charge is 0.270 e. The van der Waals surface area contributed by atoms with E-state index in [4.69, 9.17) is 9.47 Å². The van der Waals surface area contributed by atoms with Crippen molar-refractivity contribution in [3.63, 3.8) is 0 Å². The van der Waals surface area contributed by atoms with Crippen LogP contribution in [0.25, 0.3) is 0 Å². The number of benzene rings is 1. The van der Waals surface area contributed by atoms with Gasteiger partial charge in [-0.05, 0) is 36.0 Å². The van der Waals surface area contributed by atoms with Crippen molar-refractivity contribution in [1.29, 1.82) is 0 Å². The van der Waals surface area contributed by atoms with Crippen LogP contribution in [0.2, 0.25) is 0 Å². The number of methoxy groups -OCH3 is 2. The van der Waals surface area contributed by atoms with Gasteiger partial charge < -0.3 is 14.8 Å². The van der Waals surface area contributed by atoms with Crippen LogP contribution in [0.5, 0.6) is 0 Å². The monoisotopic (exact) mass is 497 g/mol. The number of nitrogens with one attached hydrogen (secondary N) is 1. The fourth-order valence-corrected chi connectivity index (χ4v) is 5.40.